The molecule has 0 saturated carbocycles. The van der Waals surface area contributed by atoms with Crippen LogP contribution in [0.25, 0.3) is 6.08 Å². The summed E-state index contributed by atoms with van der Waals surface area (Å²) in [6.45, 7) is 1.81. The molecular formula is C10H10ClFN2O. The lowest BCUT2D eigenvalue weighted by Gasteiger charge is -1.98. The fourth-order valence-electron chi connectivity index (χ4n) is 0.944. The van der Waals surface area contributed by atoms with E-state index in [0.717, 1.165) is 0 Å². The standard InChI is InChI=1S/C10H10ClFN2O/c1-7(15)13-4-2-3-8-5-10(12)14-6-9(8)11/h2-3,5-6H,4H2,1H3,(H,13,15). The molecule has 0 radical (unpaired) electrons. The van der Waals surface area contributed by atoms with Crippen LogP contribution in [0.1, 0.15) is 12.5 Å². The first-order valence-electron chi connectivity index (χ1n) is 4.31. The number of nitrogens with one attached hydrogen (secondary N) is 1. The molecule has 3 nitrogen and oxygen atoms in total. The van der Waals surface area contributed by atoms with Gasteiger partial charge in [0.05, 0.1) is 5.02 Å². The summed E-state index contributed by atoms with van der Waals surface area (Å²) in [5.74, 6) is -0.703. The van der Waals surface area contributed by atoms with Crippen molar-refractivity contribution in [3.63, 3.8) is 0 Å². The average molecular weight is 229 g/mol. The summed E-state index contributed by atoms with van der Waals surface area (Å²) in [6, 6.07) is 1.23. The Morgan fingerprint density at radius 1 is 1.73 bits per heavy atom. The normalized spacial score (nSPS) is 10.6. The topological polar surface area (TPSA) is 42.0 Å². The number of amides is 1. The Kier molecular flexibility index (Phi) is 4.24. The van der Waals surface area contributed by atoms with Crippen LogP contribution in [-0.2, 0) is 4.79 Å². The van der Waals surface area contributed by atoms with Crippen LogP contribution in [0.15, 0.2) is 18.3 Å². The van der Waals surface area contributed by atoms with Crippen molar-refractivity contribution in [2.75, 3.05) is 6.54 Å². The molecule has 1 aromatic rings. The van der Waals surface area contributed by atoms with E-state index in [1.807, 2.05) is 0 Å². The molecule has 0 aliphatic rings. The van der Waals surface area contributed by atoms with Crippen LogP contribution >= 0.6 is 11.6 Å². The van der Waals surface area contributed by atoms with Crippen molar-refractivity contribution in [1.29, 1.82) is 0 Å². The van der Waals surface area contributed by atoms with Gasteiger partial charge >= 0.3 is 0 Å². The van der Waals surface area contributed by atoms with E-state index in [0.29, 0.717) is 17.1 Å². The molecule has 0 atom stereocenters. The van der Waals surface area contributed by atoms with Crippen LogP contribution in [0.5, 0.6) is 0 Å². The van der Waals surface area contributed by atoms with Gasteiger partial charge in [0, 0.05) is 25.7 Å². The zero-order valence-corrected chi connectivity index (χ0v) is 8.88. The van der Waals surface area contributed by atoms with Gasteiger partial charge in [0.15, 0.2) is 0 Å². The second-order valence-electron chi connectivity index (χ2n) is 2.87. The van der Waals surface area contributed by atoms with E-state index in [2.05, 4.69) is 10.3 Å². The Hall–Kier alpha value is -1.42. The minimum Gasteiger partial charge on any atom is -0.353 e. The minimum atomic E-state index is -0.585. The summed E-state index contributed by atoms with van der Waals surface area (Å²) >= 11 is 5.77. The van der Waals surface area contributed by atoms with E-state index in [4.69, 9.17) is 11.6 Å². The van der Waals surface area contributed by atoms with Crippen LogP contribution in [0.3, 0.4) is 0 Å². The number of carbonyl (C=O) groups excluding carboxylic acids is 1. The van der Waals surface area contributed by atoms with Gasteiger partial charge in [-0.15, -0.1) is 0 Å². The van der Waals surface area contributed by atoms with E-state index in [1.54, 1.807) is 12.2 Å². The van der Waals surface area contributed by atoms with E-state index < -0.39 is 5.95 Å². The molecule has 0 aromatic carbocycles. The smallest absolute Gasteiger partial charge is 0.217 e. The lowest BCUT2D eigenvalue weighted by molar-refractivity contribution is -0.118. The summed E-state index contributed by atoms with van der Waals surface area (Å²) in [6.07, 6.45) is 4.56. The SMILES string of the molecule is CC(=O)NCC=Cc1cc(F)ncc1Cl. The molecule has 0 aliphatic carbocycles. The zero-order valence-electron chi connectivity index (χ0n) is 8.13. The lowest BCUT2D eigenvalue weighted by Crippen LogP contribution is -2.19. The first kappa shape index (κ1) is 11.7. The fraction of sp³-hybridized carbons (Fsp3) is 0.200. The van der Waals surface area contributed by atoms with Gasteiger partial charge in [-0.1, -0.05) is 23.8 Å². The quantitative estimate of drug-likeness (QED) is 0.805. The van der Waals surface area contributed by atoms with Crippen molar-refractivity contribution < 1.29 is 9.18 Å². The van der Waals surface area contributed by atoms with Gasteiger partial charge in [-0.3, -0.25) is 4.79 Å². The summed E-state index contributed by atoms with van der Waals surface area (Å²) < 4.78 is 12.7. The highest BCUT2D eigenvalue weighted by atomic mass is 35.5. The third-order valence-corrected chi connectivity index (χ3v) is 1.93. The van der Waals surface area contributed by atoms with Gasteiger partial charge < -0.3 is 5.32 Å². The van der Waals surface area contributed by atoms with Gasteiger partial charge in [-0.25, -0.2) is 4.98 Å². The number of hydrogen-bond acceptors (Lipinski definition) is 2. The Morgan fingerprint density at radius 2 is 2.47 bits per heavy atom. The molecule has 1 heterocycles. The highest BCUT2D eigenvalue weighted by Crippen LogP contribution is 2.16. The van der Waals surface area contributed by atoms with Crippen molar-refractivity contribution in [2.45, 2.75) is 6.92 Å². The van der Waals surface area contributed by atoms with E-state index in [9.17, 15) is 9.18 Å². The molecule has 1 amide bonds. The molecule has 0 spiro atoms. The van der Waals surface area contributed by atoms with Gasteiger partial charge in [0.25, 0.3) is 0 Å². The lowest BCUT2D eigenvalue weighted by atomic mass is 10.2. The number of nitrogens with zero attached hydrogens (tertiary/aromatic N) is 1. The van der Waals surface area contributed by atoms with E-state index in [-0.39, 0.29) is 5.91 Å². The van der Waals surface area contributed by atoms with Crippen molar-refractivity contribution in [3.05, 3.63) is 34.9 Å². The molecule has 0 fully saturated rings. The Balaban J connectivity index is 2.63. The van der Waals surface area contributed by atoms with Crippen LogP contribution in [-0.4, -0.2) is 17.4 Å². The first-order valence-corrected chi connectivity index (χ1v) is 4.69. The number of halogens is 2. The van der Waals surface area contributed by atoms with Crippen molar-refractivity contribution in [3.8, 4) is 0 Å². The highest BCUT2D eigenvalue weighted by Gasteiger charge is 1.98. The molecule has 5 heteroatoms. The zero-order chi connectivity index (χ0) is 11.3. The molecule has 0 aliphatic heterocycles. The predicted molar refractivity (Wildman–Crippen MR) is 56.9 cm³/mol. The molecule has 80 valence electrons. The first-order chi connectivity index (χ1) is 7.09. The number of rotatable bonds is 3. The number of carbonyl (C=O) groups is 1. The predicted octanol–water partition coefficient (Wildman–Crippen LogP) is 2.02. The van der Waals surface area contributed by atoms with Gasteiger partial charge in [0.2, 0.25) is 11.9 Å². The third-order valence-electron chi connectivity index (χ3n) is 1.62. The van der Waals surface area contributed by atoms with Crippen LogP contribution in [0.4, 0.5) is 4.39 Å². The molecule has 0 unspecified atom stereocenters. The highest BCUT2D eigenvalue weighted by molar-refractivity contribution is 6.31. The van der Waals surface area contributed by atoms with Gasteiger partial charge in [-0.05, 0) is 5.56 Å². The molecule has 1 N–H and O–H groups in total. The summed E-state index contributed by atoms with van der Waals surface area (Å²) in [5.41, 5.74) is 0.537. The summed E-state index contributed by atoms with van der Waals surface area (Å²) in [7, 11) is 0. The maximum atomic E-state index is 12.7. The van der Waals surface area contributed by atoms with Gasteiger partial charge in [-0.2, -0.15) is 4.39 Å². The Labute approximate surface area is 92.0 Å². The second-order valence-corrected chi connectivity index (χ2v) is 3.28. The van der Waals surface area contributed by atoms with Crippen molar-refractivity contribution in [1.82, 2.24) is 10.3 Å². The summed E-state index contributed by atoms with van der Waals surface area (Å²) in [4.78, 5) is 13.9. The van der Waals surface area contributed by atoms with Crippen molar-refractivity contribution in [2.24, 2.45) is 0 Å². The molecule has 0 bridgehead atoms. The number of hydrogen-bond donors (Lipinski definition) is 1. The maximum Gasteiger partial charge on any atom is 0.217 e. The van der Waals surface area contributed by atoms with Crippen LogP contribution in [0, 0.1) is 5.95 Å². The average Bonchev–Trinajstić information content (AvgIpc) is 2.17. The molecule has 1 aromatic heterocycles. The Bertz CT molecular complexity index is 393. The van der Waals surface area contributed by atoms with Crippen LogP contribution < -0.4 is 5.32 Å². The van der Waals surface area contributed by atoms with Crippen molar-refractivity contribution >= 4 is 23.6 Å². The number of aromatic nitrogens is 1. The molecular weight excluding hydrogens is 219 g/mol. The largest absolute Gasteiger partial charge is 0.353 e. The Morgan fingerprint density at radius 3 is 3.13 bits per heavy atom. The second kappa shape index (κ2) is 5.46. The molecule has 1 rings (SSSR count). The molecule has 0 saturated heterocycles. The maximum absolute atomic E-state index is 12.7. The fourth-order valence-corrected chi connectivity index (χ4v) is 1.11. The third kappa shape index (κ3) is 4.08. The monoisotopic (exact) mass is 228 g/mol. The number of pyridine rings is 1. The summed E-state index contributed by atoms with van der Waals surface area (Å²) in [5, 5.41) is 2.94. The molecule has 15 heavy (non-hydrogen) atoms. The van der Waals surface area contributed by atoms with Gasteiger partial charge in [0.1, 0.15) is 0 Å². The van der Waals surface area contributed by atoms with E-state index >= 15 is 0 Å². The van der Waals surface area contributed by atoms with Crippen LogP contribution in [0.2, 0.25) is 5.02 Å². The van der Waals surface area contributed by atoms with E-state index in [1.165, 1.54) is 19.2 Å². The minimum absolute atomic E-state index is 0.119.